The molecule has 2 rings (SSSR count). The molecule has 0 bridgehead atoms. The van der Waals surface area contributed by atoms with Crippen LogP contribution in [0.4, 0.5) is 0 Å². The quantitative estimate of drug-likeness (QED) is 0.273. The fourth-order valence-electron chi connectivity index (χ4n) is 4.51. The molecular formula is C22H41O10P. The molecule has 0 aromatic carbocycles. The monoisotopic (exact) mass is 496 g/mol. The number of aliphatic hydroxyl groups is 1. The highest BCUT2D eigenvalue weighted by molar-refractivity contribution is 7.51. The number of rotatable bonds is 12. The summed E-state index contributed by atoms with van der Waals surface area (Å²) in [4.78, 5) is 29.7. The summed E-state index contributed by atoms with van der Waals surface area (Å²) in [6, 6.07) is 0. The molecule has 0 saturated carbocycles. The van der Waals surface area contributed by atoms with Crippen molar-refractivity contribution in [2.24, 2.45) is 0 Å². The molecule has 3 N–H and O–H groups in total. The van der Waals surface area contributed by atoms with Crippen LogP contribution in [0.1, 0.15) is 79.1 Å². The number of carbonyl (C=O) groups is 1. The molecule has 0 aromatic rings. The normalized spacial score (nSPS) is 32.8. The van der Waals surface area contributed by atoms with E-state index in [2.05, 4.69) is 0 Å². The summed E-state index contributed by atoms with van der Waals surface area (Å²) in [7, 11) is -4.28. The molecule has 2 aliphatic heterocycles. The number of hydrogen-bond donors (Lipinski definition) is 3. The topological polar surface area (TPSA) is 141 Å². The van der Waals surface area contributed by atoms with E-state index in [0.717, 1.165) is 12.8 Å². The van der Waals surface area contributed by atoms with Gasteiger partial charge in [-0.05, 0) is 32.6 Å². The van der Waals surface area contributed by atoms with Gasteiger partial charge in [0.15, 0.2) is 12.6 Å². The Balaban J connectivity index is 1.92. The van der Waals surface area contributed by atoms with E-state index in [1.165, 1.54) is 6.92 Å². The van der Waals surface area contributed by atoms with E-state index in [4.69, 9.17) is 23.7 Å². The minimum absolute atomic E-state index is 0.140. The van der Waals surface area contributed by atoms with E-state index >= 15 is 0 Å². The highest BCUT2D eigenvalue weighted by Gasteiger charge is 2.36. The summed E-state index contributed by atoms with van der Waals surface area (Å²) < 4.78 is 40.0. The maximum absolute atomic E-state index is 11.4. The minimum Gasteiger partial charge on any atom is -0.463 e. The second-order valence-corrected chi connectivity index (χ2v) is 10.9. The first-order valence-corrected chi connectivity index (χ1v) is 13.8. The molecule has 0 spiro atoms. The van der Waals surface area contributed by atoms with Crippen molar-refractivity contribution in [1.82, 2.24) is 0 Å². The predicted octanol–water partition coefficient (Wildman–Crippen LogP) is 2.86. The van der Waals surface area contributed by atoms with Gasteiger partial charge >= 0.3 is 13.6 Å². The number of hydrogen-bond acceptors (Lipinski definition) is 8. The molecule has 0 aliphatic carbocycles. The van der Waals surface area contributed by atoms with Crippen LogP contribution in [-0.2, 0) is 33.0 Å². The zero-order valence-corrected chi connectivity index (χ0v) is 21.0. The molecule has 0 amide bonds. The van der Waals surface area contributed by atoms with Gasteiger partial charge in [-0.15, -0.1) is 0 Å². The Morgan fingerprint density at radius 2 is 1.48 bits per heavy atom. The van der Waals surface area contributed by atoms with Gasteiger partial charge < -0.3 is 38.6 Å². The third kappa shape index (κ3) is 11.1. The van der Waals surface area contributed by atoms with E-state index in [0.29, 0.717) is 38.5 Å². The van der Waals surface area contributed by atoms with Crippen molar-refractivity contribution in [3.63, 3.8) is 0 Å². The fourth-order valence-corrected chi connectivity index (χ4v) is 5.07. The van der Waals surface area contributed by atoms with E-state index in [1.807, 2.05) is 20.8 Å². The average Bonchev–Trinajstić information content (AvgIpc) is 2.65. The Morgan fingerprint density at radius 1 is 0.970 bits per heavy atom. The summed E-state index contributed by atoms with van der Waals surface area (Å²) in [5, 5.41) is 10.8. The lowest BCUT2D eigenvalue weighted by atomic mass is 9.95. The summed E-state index contributed by atoms with van der Waals surface area (Å²) in [5.41, 5.74) is 0. The van der Waals surface area contributed by atoms with Crippen LogP contribution >= 0.6 is 7.60 Å². The molecule has 2 heterocycles. The fraction of sp³-hybridized carbons (Fsp3) is 0.955. The number of esters is 1. The minimum atomic E-state index is -4.28. The Labute approximate surface area is 196 Å². The van der Waals surface area contributed by atoms with E-state index < -0.39 is 26.2 Å². The summed E-state index contributed by atoms with van der Waals surface area (Å²) in [6.45, 7) is 7.20. The zero-order chi connectivity index (χ0) is 24.6. The average molecular weight is 497 g/mol. The van der Waals surface area contributed by atoms with Gasteiger partial charge in [0.2, 0.25) is 0 Å². The van der Waals surface area contributed by atoms with E-state index in [9.17, 15) is 24.3 Å². The second kappa shape index (κ2) is 13.5. The van der Waals surface area contributed by atoms with Gasteiger partial charge in [-0.2, -0.15) is 0 Å². The molecule has 10 nitrogen and oxygen atoms in total. The predicted molar refractivity (Wildman–Crippen MR) is 119 cm³/mol. The smallest absolute Gasteiger partial charge is 0.330 e. The van der Waals surface area contributed by atoms with Crippen LogP contribution in [-0.4, -0.2) is 76.2 Å². The maximum atomic E-state index is 11.4. The largest absolute Gasteiger partial charge is 0.463 e. The molecule has 2 saturated heterocycles. The molecule has 194 valence electrons. The van der Waals surface area contributed by atoms with Gasteiger partial charge in [-0.3, -0.25) is 9.36 Å². The molecule has 8 unspecified atom stereocenters. The van der Waals surface area contributed by atoms with Crippen molar-refractivity contribution in [2.45, 2.75) is 128 Å². The molecular weight excluding hydrogens is 455 g/mol. The standard InChI is InChI=1S/C22H41O10P/c1-5-7-21-30-18(8-14(3)28-15(4)23)12-20(31-21)10-16(24)9-19-11-17(6-2)29-22(32-19)13-33(25,26)27/h14,16-22,24H,5-13H2,1-4H3,(H2,25,26,27). The van der Waals surface area contributed by atoms with Gasteiger partial charge in [0.25, 0.3) is 0 Å². The van der Waals surface area contributed by atoms with Crippen molar-refractivity contribution in [1.29, 1.82) is 0 Å². The zero-order valence-electron chi connectivity index (χ0n) is 20.1. The number of carbonyl (C=O) groups excluding carboxylic acids is 1. The van der Waals surface area contributed by atoms with Gasteiger partial charge in [0.1, 0.15) is 12.3 Å². The Hall–Kier alpha value is -0.580. The lowest BCUT2D eigenvalue weighted by Crippen LogP contribution is -2.43. The van der Waals surface area contributed by atoms with Crippen LogP contribution in [0.3, 0.4) is 0 Å². The van der Waals surface area contributed by atoms with Crippen LogP contribution in [0, 0.1) is 0 Å². The van der Waals surface area contributed by atoms with Crippen molar-refractivity contribution >= 4 is 13.6 Å². The van der Waals surface area contributed by atoms with Crippen LogP contribution < -0.4 is 0 Å². The number of aliphatic hydroxyl groups excluding tert-OH is 1. The Bertz CT molecular complexity index is 641. The van der Waals surface area contributed by atoms with Crippen LogP contribution in [0.25, 0.3) is 0 Å². The first kappa shape index (κ1) is 28.7. The summed E-state index contributed by atoms with van der Waals surface area (Å²) >= 11 is 0. The molecule has 2 aliphatic rings. The van der Waals surface area contributed by atoms with Crippen LogP contribution in [0.5, 0.6) is 0 Å². The number of ether oxygens (including phenoxy) is 5. The third-order valence-electron chi connectivity index (χ3n) is 5.83. The van der Waals surface area contributed by atoms with Crippen LogP contribution in [0.2, 0.25) is 0 Å². The molecule has 2 fully saturated rings. The first-order valence-electron chi connectivity index (χ1n) is 12.0. The van der Waals surface area contributed by atoms with Crippen molar-refractivity contribution in [3.8, 4) is 0 Å². The third-order valence-corrected chi connectivity index (χ3v) is 6.60. The van der Waals surface area contributed by atoms with Gasteiger partial charge in [0, 0.05) is 26.2 Å². The highest BCUT2D eigenvalue weighted by Crippen LogP contribution is 2.38. The molecule has 0 aromatic heterocycles. The Morgan fingerprint density at radius 3 is 2.00 bits per heavy atom. The molecule has 8 atom stereocenters. The summed E-state index contributed by atoms with van der Waals surface area (Å²) in [6.07, 6.45) is 1.000. The van der Waals surface area contributed by atoms with Crippen molar-refractivity contribution in [3.05, 3.63) is 0 Å². The van der Waals surface area contributed by atoms with E-state index in [1.54, 1.807) is 0 Å². The van der Waals surface area contributed by atoms with Gasteiger partial charge in [0.05, 0.1) is 30.5 Å². The first-order chi connectivity index (χ1) is 15.5. The van der Waals surface area contributed by atoms with Crippen LogP contribution in [0.15, 0.2) is 0 Å². The molecule has 0 radical (unpaired) electrons. The highest BCUT2D eigenvalue weighted by atomic mass is 31.2. The maximum Gasteiger partial charge on any atom is 0.330 e. The van der Waals surface area contributed by atoms with Crippen molar-refractivity contribution in [2.75, 3.05) is 6.16 Å². The van der Waals surface area contributed by atoms with Gasteiger partial charge in [-0.25, -0.2) is 0 Å². The SMILES string of the molecule is CCCC1OC(CC(O)CC2CC(CC)OC(CP(=O)(O)O)O2)CC(CC(C)OC(C)=O)O1. The lowest BCUT2D eigenvalue weighted by molar-refractivity contribution is -0.256. The molecule has 33 heavy (non-hydrogen) atoms. The van der Waals surface area contributed by atoms with Crippen molar-refractivity contribution < 1.29 is 47.9 Å². The van der Waals surface area contributed by atoms with Gasteiger partial charge in [-0.1, -0.05) is 20.3 Å². The second-order valence-electron chi connectivity index (χ2n) is 9.19. The van der Waals surface area contributed by atoms with E-state index in [-0.39, 0.29) is 42.8 Å². The molecule has 11 heteroatoms. The lowest BCUT2D eigenvalue weighted by Gasteiger charge is -2.39. The summed E-state index contributed by atoms with van der Waals surface area (Å²) in [5.74, 6) is -0.328. The Kier molecular flexibility index (Phi) is 11.7.